The zero-order valence-electron chi connectivity index (χ0n) is 30.1. The molecule has 1 aliphatic rings. The summed E-state index contributed by atoms with van der Waals surface area (Å²) in [6.45, 7) is 16.2. The molecule has 0 spiro atoms. The second-order valence-corrected chi connectivity index (χ2v) is 20.2. The van der Waals surface area contributed by atoms with E-state index in [1.165, 1.54) is 47.6 Å². The third-order valence-corrected chi connectivity index (χ3v) is 11.6. The molecule has 2 aromatic carbocycles. The van der Waals surface area contributed by atoms with Gasteiger partial charge in [0.15, 0.2) is 0 Å². The summed E-state index contributed by atoms with van der Waals surface area (Å²) < 4.78 is 6.11. The van der Waals surface area contributed by atoms with Crippen LogP contribution in [0.4, 0.5) is 0 Å². The molecule has 0 saturated heterocycles. The molecule has 6 aromatic rings. The van der Waals surface area contributed by atoms with Crippen LogP contribution in [0.5, 0.6) is 0 Å². The first-order chi connectivity index (χ1) is 23.1. The van der Waals surface area contributed by atoms with E-state index in [4.69, 9.17) is 9.40 Å². The molecule has 1 saturated carbocycles. The molecule has 0 bridgehead atoms. The fraction of sp³-hybridized carbons (Fsp3) is 0.372. The largest absolute Gasteiger partial charge is 0.486 e. The maximum absolute atomic E-state index is 6.11. The minimum atomic E-state index is -1.34. The molecule has 4 aromatic heterocycles. The minimum absolute atomic E-state index is 0. The van der Waals surface area contributed by atoms with Crippen LogP contribution in [0.15, 0.2) is 83.7 Å². The quantitative estimate of drug-likeness (QED) is 0.113. The summed E-state index contributed by atoms with van der Waals surface area (Å²) in [7, 11) is -1.34. The number of furan rings is 1. The van der Waals surface area contributed by atoms with Crippen molar-refractivity contribution in [2.24, 2.45) is 11.8 Å². The van der Waals surface area contributed by atoms with Gasteiger partial charge in [-0.05, 0) is 70.4 Å². The first-order valence-electron chi connectivity index (χ1n) is 17.7. The van der Waals surface area contributed by atoms with Crippen LogP contribution in [0.1, 0.15) is 76.0 Å². The molecule has 7 rings (SSSR count). The van der Waals surface area contributed by atoms with E-state index in [2.05, 4.69) is 106 Å². The monoisotopic (exact) mass is 844 g/mol. The van der Waals surface area contributed by atoms with Crippen molar-refractivity contribution in [3.63, 3.8) is 0 Å². The molecule has 0 amide bonds. The number of nitrogens with zero attached hydrogens (tertiary/aromatic N) is 3. The van der Waals surface area contributed by atoms with Gasteiger partial charge in [-0.25, -0.2) is 4.98 Å². The second-order valence-electron chi connectivity index (χ2n) is 15.2. The summed E-state index contributed by atoms with van der Waals surface area (Å²) in [4.78, 5) is 13.9. The van der Waals surface area contributed by atoms with Crippen LogP contribution in [0.3, 0.4) is 0 Å². The predicted octanol–water partition coefficient (Wildman–Crippen LogP) is 11.0. The average Bonchev–Trinajstić information content (AvgIpc) is 3.72. The zero-order chi connectivity index (χ0) is 33.8. The molecule has 0 N–H and O–H groups in total. The van der Waals surface area contributed by atoms with Gasteiger partial charge in [0.2, 0.25) is 5.71 Å². The number of hydrogen-bond donors (Lipinski definition) is 0. The Labute approximate surface area is 307 Å². The smallest absolute Gasteiger partial charge is 0.216 e. The second kappa shape index (κ2) is 16.1. The molecule has 4 nitrogen and oxygen atoms in total. The van der Waals surface area contributed by atoms with Gasteiger partial charge in [0.25, 0.3) is 0 Å². The summed E-state index contributed by atoms with van der Waals surface area (Å²) in [6.07, 6.45) is 13.7. The van der Waals surface area contributed by atoms with Crippen LogP contribution < -0.4 is 5.19 Å². The summed E-state index contributed by atoms with van der Waals surface area (Å²) in [5.41, 5.74) is 9.78. The number of fused-ring (bicyclic) bond motifs is 3. The first kappa shape index (κ1) is 36.8. The van der Waals surface area contributed by atoms with Crippen molar-refractivity contribution >= 4 is 35.3 Å². The predicted molar refractivity (Wildman–Crippen MR) is 203 cm³/mol. The van der Waals surface area contributed by atoms with Crippen molar-refractivity contribution in [2.75, 3.05) is 0 Å². The van der Waals surface area contributed by atoms with E-state index in [1.807, 2.05) is 36.4 Å². The number of rotatable bonds is 8. The third-order valence-electron chi connectivity index (χ3n) is 9.51. The van der Waals surface area contributed by atoms with Crippen LogP contribution in [0, 0.1) is 24.0 Å². The van der Waals surface area contributed by atoms with Gasteiger partial charge < -0.3 is 14.4 Å². The first-order valence-corrected chi connectivity index (χ1v) is 21.2. The Kier molecular flexibility index (Phi) is 12.1. The zero-order valence-corrected chi connectivity index (χ0v) is 33.5. The number of benzene rings is 2. The van der Waals surface area contributed by atoms with Crippen LogP contribution in [0.25, 0.3) is 44.6 Å². The number of aromatic nitrogens is 3. The molecule has 49 heavy (non-hydrogen) atoms. The SMILES string of the molecule is CC(C)Cc1cc(-c2[c-]cccc2)ncc1[Si](C)(C)C.CC(C)c1cnc(-c2[c-]ccc3c2oc2ncccc23)cc1CC1CCCC1.[Ir]. The summed E-state index contributed by atoms with van der Waals surface area (Å²) >= 11 is 0. The van der Waals surface area contributed by atoms with Gasteiger partial charge >= 0.3 is 0 Å². The van der Waals surface area contributed by atoms with Gasteiger partial charge in [-0.15, -0.1) is 54.1 Å². The molecule has 1 aliphatic carbocycles. The maximum atomic E-state index is 6.11. The van der Waals surface area contributed by atoms with Gasteiger partial charge in [-0.3, -0.25) is 0 Å². The van der Waals surface area contributed by atoms with E-state index in [0.717, 1.165) is 57.6 Å². The van der Waals surface area contributed by atoms with Crippen LogP contribution in [-0.2, 0) is 32.9 Å². The van der Waals surface area contributed by atoms with Crippen LogP contribution >= 0.6 is 0 Å². The van der Waals surface area contributed by atoms with Crippen molar-refractivity contribution in [3.8, 4) is 22.5 Å². The molecule has 6 heteroatoms. The van der Waals surface area contributed by atoms with E-state index in [9.17, 15) is 0 Å². The van der Waals surface area contributed by atoms with E-state index in [1.54, 1.807) is 6.20 Å². The molecule has 0 aliphatic heterocycles. The van der Waals surface area contributed by atoms with Crippen molar-refractivity contribution in [1.29, 1.82) is 0 Å². The van der Waals surface area contributed by atoms with Crippen LogP contribution in [0.2, 0.25) is 19.6 Å². The van der Waals surface area contributed by atoms with Gasteiger partial charge in [0, 0.05) is 44.1 Å². The molecule has 4 heterocycles. The van der Waals surface area contributed by atoms with Crippen molar-refractivity contribution in [1.82, 2.24) is 15.0 Å². The fourth-order valence-corrected chi connectivity index (χ4v) is 8.70. The Morgan fingerprint density at radius 1 is 0.816 bits per heavy atom. The summed E-state index contributed by atoms with van der Waals surface area (Å²) in [5.74, 6) is 1.95. The third kappa shape index (κ3) is 8.66. The van der Waals surface area contributed by atoms with Crippen molar-refractivity contribution < 1.29 is 24.5 Å². The van der Waals surface area contributed by atoms with E-state index in [0.29, 0.717) is 17.5 Å². The maximum Gasteiger partial charge on any atom is 0.216 e. The molecule has 0 unspecified atom stereocenters. The Hall–Kier alpha value is -3.44. The van der Waals surface area contributed by atoms with Gasteiger partial charge in [-0.1, -0.05) is 102 Å². The Bertz CT molecular complexity index is 1990. The van der Waals surface area contributed by atoms with Gasteiger partial charge in [-0.2, -0.15) is 0 Å². The molecular weight excluding hydrogens is 795 g/mol. The van der Waals surface area contributed by atoms with Gasteiger partial charge in [0.1, 0.15) is 0 Å². The van der Waals surface area contributed by atoms with Crippen molar-refractivity contribution in [2.45, 2.75) is 91.8 Å². The van der Waals surface area contributed by atoms with Crippen LogP contribution in [-0.4, -0.2) is 23.0 Å². The van der Waals surface area contributed by atoms with E-state index in [-0.39, 0.29) is 20.1 Å². The topological polar surface area (TPSA) is 51.8 Å². The van der Waals surface area contributed by atoms with Crippen molar-refractivity contribution in [3.05, 3.63) is 108 Å². The molecule has 1 radical (unpaired) electrons. The Morgan fingerprint density at radius 3 is 2.27 bits per heavy atom. The molecule has 0 atom stereocenters. The minimum Gasteiger partial charge on any atom is -0.486 e. The normalized spacial score (nSPS) is 13.6. The average molecular weight is 844 g/mol. The molecule has 1 fully saturated rings. The molecule has 257 valence electrons. The summed E-state index contributed by atoms with van der Waals surface area (Å²) in [5, 5.41) is 3.60. The Balaban J connectivity index is 0.000000199. The number of pyridine rings is 3. The van der Waals surface area contributed by atoms with E-state index < -0.39 is 8.07 Å². The Morgan fingerprint density at radius 2 is 1.57 bits per heavy atom. The fourth-order valence-electron chi connectivity index (χ4n) is 7.11. The standard InChI is InChI=1S/C25H25N2O.C18H24NSi.Ir/c1-16(2)22-15-27-23(14-18(22)13-17-7-3-4-8-17)21-10-5-9-19-20-11-6-12-26-25(20)28-24(19)21;1-14(2)11-16-12-17(15-9-7-6-8-10-15)19-13-18(16)20(3,4)5;/h5-6,9,11-12,14-17H,3-4,7-8,13H2,1-2H3;6-9,12-14H,11H2,1-5H3;/q2*-1;. The molecular formula is C43H49IrN3OSi-2. The van der Waals surface area contributed by atoms with E-state index >= 15 is 0 Å². The number of hydrogen-bond acceptors (Lipinski definition) is 4. The summed E-state index contributed by atoms with van der Waals surface area (Å²) in [6, 6.07) is 27.3. The van der Waals surface area contributed by atoms with Gasteiger partial charge in [0.05, 0.1) is 13.7 Å².